The minimum atomic E-state index is 0.569. The summed E-state index contributed by atoms with van der Waals surface area (Å²) in [6.45, 7) is 7.24. The summed E-state index contributed by atoms with van der Waals surface area (Å²) < 4.78 is 0. The summed E-state index contributed by atoms with van der Waals surface area (Å²) >= 11 is 0. The van der Waals surface area contributed by atoms with Crippen LogP contribution in [0.3, 0.4) is 0 Å². The van der Waals surface area contributed by atoms with Crippen molar-refractivity contribution < 1.29 is 0 Å². The minimum Gasteiger partial charge on any atom is -0.0599 e. The maximum absolute atomic E-state index is 2.41. The van der Waals surface area contributed by atoms with Crippen LogP contribution in [0.1, 0.15) is 59.3 Å². The highest BCUT2D eigenvalue weighted by Crippen LogP contribution is 2.58. The maximum atomic E-state index is 2.41. The molecule has 0 heterocycles. The highest BCUT2D eigenvalue weighted by atomic mass is 14.5. The zero-order valence-corrected chi connectivity index (χ0v) is 8.82. The molecule has 2 saturated carbocycles. The highest BCUT2D eigenvalue weighted by molar-refractivity contribution is 4.97. The summed E-state index contributed by atoms with van der Waals surface area (Å²) in [6.07, 6.45) is 9.17. The molecular weight excluding hydrogens is 144 g/mol. The van der Waals surface area contributed by atoms with E-state index in [0.29, 0.717) is 5.41 Å². The maximum Gasteiger partial charge on any atom is -0.0295 e. The fraction of sp³-hybridized carbons (Fsp3) is 1.00. The molecule has 0 saturated heterocycles. The first-order valence-corrected chi connectivity index (χ1v) is 5.52. The first kappa shape index (κ1) is 8.59. The van der Waals surface area contributed by atoms with Crippen molar-refractivity contribution in [2.75, 3.05) is 0 Å². The highest BCUT2D eigenvalue weighted by Gasteiger charge is 2.46. The van der Waals surface area contributed by atoms with Crippen LogP contribution in [0.15, 0.2) is 0 Å². The molecule has 1 atom stereocenters. The van der Waals surface area contributed by atoms with E-state index in [1.165, 1.54) is 25.7 Å². The molecule has 0 aromatic heterocycles. The standard InChI is InChI=1S/C12H22/c1-11(2,3)10-5-8-12(9-10)6-4-7-12/h10H,4-9H2,1-3H3/t10-/m0/s1. The predicted octanol–water partition coefficient (Wildman–Crippen LogP) is 4.00. The number of hydrogen-bond donors (Lipinski definition) is 0. The zero-order chi connectivity index (χ0) is 8.82. The molecule has 0 radical (unpaired) electrons. The Bertz CT molecular complexity index is 169. The molecule has 0 N–H and O–H groups in total. The Kier molecular flexibility index (Phi) is 1.79. The van der Waals surface area contributed by atoms with Gasteiger partial charge in [0.05, 0.1) is 0 Å². The molecule has 0 amide bonds. The molecule has 0 aromatic rings. The van der Waals surface area contributed by atoms with Gasteiger partial charge < -0.3 is 0 Å². The summed E-state index contributed by atoms with van der Waals surface area (Å²) in [5, 5.41) is 0. The largest absolute Gasteiger partial charge is 0.0599 e. The second-order valence-electron chi connectivity index (χ2n) is 6.16. The first-order valence-electron chi connectivity index (χ1n) is 5.52. The van der Waals surface area contributed by atoms with E-state index >= 15 is 0 Å². The van der Waals surface area contributed by atoms with Gasteiger partial charge in [0.1, 0.15) is 0 Å². The van der Waals surface area contributed by atoms with E-state index in [0.717, 1.165) is 11.3 Å². The Hall–Kier alpha value is 0. The molecule has 0 bridgehead atoms. The lowest BCUT2D eigenvalue weighted by atomic mass is 9.66. The molecule has 70 valence electrons. The van der Waals surface area contributed by atoms with Crippen LogP contribution in [-0.4, -0.2) is 0 Å². The van der Waals surface area contributed by atoms with Gasteiger partial charge in [-0.25, -0.2) is 0 Å². The van der Waals surface area contributed by atoms with Crippen molar-refractivity contribution in [1.82, 2.24) is 0 Å². The molecule has 0 aliphatic heterocycles. The molecule has 0 aromatic carbocycles. The molecule has 2 aliphatic carbocycles. The van der Waals surface area contributed by atoms with Crippen molar-refractivity contribution in [2.45, 2.75) is 59.3 Å². The third kappa shape index (κ3) is 1.30. The summed E-state index contributed by atoms with van der Waals surface area (Å²) in [5.41, 5.74) is 1.41. The Morgan fingerprint density at radius 1 is 1.08 bits per heavy atom. The van der Waals surface area contributed by atoms with Crippen LogP contribution in [0.4, 0.5) is 0 Å². The van der Waals surface area contributed by atoms with Crippen molar-refractivity contribution >= 4 is 0 Å². The van der Waals surface area contributed by atoms with Crippen molar-refractivity contribution in [3.8, 4) is 0 Å². The fourth-order valence-electron chi connectivity index (χ4n) is 3.08. The van der Waals surface area contributed by atoms with Gasteiger partial charge in [0.25, 0.3) is 0 Å². The number of hydrogen-bond acceptors (Lipinski definition) is 0. The molecule has 0 heteroatoms. The Morgan fingerprint density at radius 2 is 1.75 bits per heavy atom. The van der Waals surface area contributed by atoms with E-state index in [4.69, 9.17) is 0 Å². The summed E-state index contributed by atoms with van der Waals surface area (Å²) in [5.74, 6) is 1.01. The van der Waals surface area contributed by atoms with Crippen LogP contribution >= 0.6 is 0 Å². The molecule has 1 spiro atoms. The molecule has 12 heavy (non-hydrogen) atoms. The normalized spacial score (nSPS) is 33.8. The second kappa shape index (κ2) is 2.49. The van der Waals surface area contributed by atoms with Crippen LogP contribution in [-0.2, 0) is 0 Å². The second-order valence-corrected chi connectivity index (χ2v) is 6.16. The topological polar surface area (TPSA) is 0 Å². The lowest BCUT2D eigenvalue weighted by molar-refractivity contribution is 0.119. The van der Waals surface area contributed by atoms with Gasteiger partial charge >= 0.3 is 0 Å². The van der Waals surface area contributed by atoms with Crippen molar-refractivity contribution in [3.63, 3.8) is 0 Å². The average molecular weight is 166 g/mol. The van der Waals surface area contributed by atoms with Gasteiger partial charge in [0, 0.05) is 0 Å². The Balaban J connectivity index is 1.98. The van der Waals surface area contributed by atoms with E-state index in [2.05, 4.69) is 20.8 Å². The fourth-order valence-corrected chi connectivity index (χ4v) is 3.08. The van der Waals surface area contributed by atoms with Crippen molar-refractivity contribution in [2.24, 2.45) is 16.7 Å². The molecule has 0 unspecified atom stereocenters. The third-order valence-corrected chi connectivity index (χ3v) is 4.34. The lowest BCUT2D eigenvalue weighted by Gasteiger charge is -2.40. The van der Waals surface area contributed by atoms with E-state index in [9.17, 15) is 0 Å². The van der Waals surface area contributed by atoms with Crippen LogP contribution in [0, 0.1) is 16.7 Å². The quantitative estimate of drug-likeness (QED) is 0.510. The van der Waals surface area contributed by atoms with Gasteiger partial charge in [-0.2, -0.15) is 0 Å². The smallest absolute Gasteiger partial charge is 0.0295 e. The van der Waals surface area contributed by atoms with E-state index in [1.54, 1.807) is 12.8 Å². The molecule has 2 aliphatic rings. The van der Waals surface area contributed by atoms with E-state index in [1.807, 2.05) is 0 Å². The van der Waals surface area contributed by atoms with Gasteiger partial charge in [-0.05, 0) is 48.9 Å². The molecule has 0 nitrogen and oxygen atoms in total. The molecule has 2 rings (SSSR count). The van der Waals surface area contributed by atoms with E-state index < -0.39 is 0 Å². The van der Waals surface area contributed by atoms with Gasteiger partial charge in [-0.15, -0.1) is 0 Å². The molecule has 2 fully saturated rings. The van der Waals surface area contributed by atoms with Gasteiger partial charge in [-0.3, -0.25) is 0 Å². The lowest BCUT2D eigenvalue weighted by Crippen LogP contribution is -2.27. The van der Waals surface area contributed by atoms with Crippen LogP contribution in [0.25, 0.3) is 0 Å². The van der Waals surface area contributed by atoms with Crippen LogP contribution in [0.5, 0.6) is 0 Å². The van der Waals surface area contributed by atoms with Crippen molar-refractivity contribution in [3.05, 3.63) is 0 Å². The minimum absolute atomic E-state index is 0.569. The van der Waals surface area contributed by atoms with E-state index in [-0.39, 0.29) is 0 Å². The molecular formula is C12H22. The van der Waals surface area contributed by atoms with Crippen LogP contribution in [0.2, 0.25) is 0 Å². The average Bonchev–Trinajstić information content (AvgIpc) is 2.26. The SMILES string of the molecule is CC(C)(C)[C@H]1CCC2(CCC2)C1. The monoisotopic (exact) mass is 166 g/mol. The zero-order valence-electron chi connectivity index (χ0n) is 8.82. The van der Waals surface area contributed by atoms with Gasteiger partial charge in [0.2, 0.25) is 0 Å². The summed E-state index contributed by atoms with van der Waals surface area (Å²) in [7, 11) is 0. The first-order chi connectivity index (χ1) is 5.52. The van der Waals surface area contributed by atoms with Crippen LogP contribution < -0.4 is 0 Å². The third-order valence-electron chi connectivity index (χ3n) is 4.34. The van der Waals surface area contributed by atoms with Gasteiger partial charge in [0.15, 0.2) is 0 Å². The predicted molar refractivity (Wildman–Crippen MR) is 53.1 cm³/mol. The van der Waals surface area contributed by atoms with Gasteiger partial charge in [-0.1, -0.05) is 27.2 Å². The summed E-state index contributed by atoms with van der Waals surface area (Å²) in [6, 6.07) is 0. The Morgan fingerprint density at radius 3 is 2.00 bits per heavy atom. The summed E-state index contributed by atoms with van der Waals surface area (Å²) in [4.78, 5) is 0. The van der Waals surface area contributed by atoms with Crippen molar-refractivity contribution in [1.29, 1.82) is 0 Å². The number of rotatable bonds is 0. The Labute approximate surface area is 76.7 Å².